The average Bonchev–Trinajstić information content (AvgIpc) is 2.59. The molecule has 5 heteroatoms. The zero-order valence-corrected chi connectivity index (χ0v) is 9.98. The fourth-order valence-corrected chi connectivity index (χ4v) is 2.18. The molecular weight excluding hydrogens is 204 g/mol. The SMILES string of the molecule is Cc1nnc(CNC2CCCCC2O)n1C. The molecule has 2 atom stereocenters. The van der Waals surface area contributed by atoms with E-state index in [9.17, 15) is 5.11 Å². The van der Waals surface area contributed by atoms with Crippen molar-refractivity contribution in [1.82, 2.24) is 20.1 Å². The van der Waals surface area contributed by atoms with Gasteiger partial charge >= 0.3 is 0 Å². The molecule has 1 heterocycles. The Bertz CT molecular complexity index is 350. The number of nitrogens with one attached hydrogen (secondary N) is 1. The molecule has 0 spiro atoms. The maximum atomic E-state index is 9.82. The molecule has 16 heavy (non-hydrogen) atoms. The van der Waals surface area contributed by atoms with Crippen LogP contribution < -0.4 is 5.32 Å². The Morgan fingerprint density at radius 2 is 2.12 bits per heavy atom. The number of aromatic nitrogens is 3. The number of aryl methyl sites for hydroxylation is 1. The lowest BCUT2D eigenvalue weighted by molar-refractivity contribution is 0.0898. The van der Waals surface area contributed by atoms with Crippen LogP contribution >= 0.6 is 0 Å². The first-order chi connectivity index (χ1) is 7.68. The predicted molar refractivity (Wildman–Crippen MR) is 60.8 cm³/mol. The second kappa shape index (κ2) is 4.93. The highest BCUT2D eigenvalue weighted by Crippen LogP contribution is 2.18. The Labute approximate surface area is 95.9 Å². The Kier molecular flexibility index (Phi) is 3.56. The van der Waals surface area contributed by atoms with Crippen molar-refractivity contribution in [3.8, 4) is 0 Å². The van der Waals surface area contributed by atoms with Crippen LogP contribution in [-0.4, -0.2) is 32.0 Å². The van der Waals surface area contributed by atoms with Crippen LogP contribution in [0.3, 0.4) is 0 Å². The van der Waals surface area contributed by atoms with Gasteiger partial charge < -0.3 is 15.0 Å². The van der Waals surface area contributed by atoms with Crippen LogP contribution in [0.15, 0.2) is 0 Å². The van der Waals surface area contributed by atoms with Gasteiger partial charge in [-0.3, -0.25) is 0 Å². The van der Waals surface area contributed by atoms with Crippen molar-refractivity contribution in [1.29, 1.82) is 0 Å². The quantitative estimate of drug-likeness (QED) is 0.785. The molecule has 2 rings (SSSR count). The highest BCUT2D eigenvalue weighted by atomic mass is 16.3. The van der Waals surface area contributed by atoms with Gasteiger partial charge in [0.25, 0.3) is 0 Å². The summed E-state index contributed by atoms with van der Waals surface area (Å²) in [6.45, 7) is 2.62. The van der Waals surface area contributed by atoms with Crippen LogP contribution in [-0.2, 0) is 13.6 Å². The van der Waals surface area contributed by atoms with Gasteiger partial charge in [-0.25, -0.2) is 0 Å². The molecule has 0 radical (unpaired) electrons. The van der Waals surface area contributed by atoms with Crippen LogP contribution in [0.5, 0.6) is 0 Å². The zero-order valence-electron chi connectivity index (χ0n) is 9.98. The molecule has 0 aromatic carbocycles. The summed E-state index contributed by atoms with van der Waals surface area (Å²) >= 11 is 0. The minimum absolute atomic E-state index is 0.205. The Morgan fingerprint density at radius 1 is 1.38 bits per heavy atom. The van der Waals surface area contributed by atoms with Crippen LogP contribution in [0.1, 0.15) is 37.3 Å². The first-order valence-electron chi connectivity index (χ1n) is 5.95. The number of rotatable bonds is 3. The van der Waals surface area contributed by atoms with Gasteiger partial charge in [0.15, 0.2) is 0 Å². The van der Waals surface area contributed by atoms with Crippen molar-refractivity contribution in [2.24, 2.45) is 7.05 Å². The van der Waals surface area contributed by atoms with Gasteiger partial charge in [0.1, 0.15) is 11.6 Å². The predicted octanol–water partition coefficient (Wildman–Crippen LogP) is 0.517. The van der Waals surface area contributed by atoms with Crippen LogP contribution in [0.4, 0.5) is 0 Å². The molecule has 90 valence electrons. The lowest BCUT2D eigenvalue weighted by Gasteiger charge is -2.28. The fourth-order valence-electron chi connectivity index (χ4n) is 2.18. The molecule has 0 amide bonds. The summed E-state index contributed by atoms with van der Waals surface area (Å²) < 4.78 is 1.97. The summed E-state index contributed by atoms with van der Waals surface area (Å²) in [7, 11) is 1.96. The molecule has 0 bridgehead atoms. The second-order valence-electron chi connectivity index (χ2n) is 4.56. The van der Waals surface area contributed by atoms with Gasteiger partial charge in [-0.05, 0) is 19.8 Å². The van der Waals surface area contributed by atoms with Gasteiger partial charge in [0.05, 0.1) is 12.6 Å². The van der Waals surface area contributed by atoms with Gasteiger partial charge in [0, 0.05) is 13.1 Å². The maximum absolute atomic E-state index is 9.82. The second-order valence-corrected chi connectivity index (χ2v) is 4.56. The third kappa shape index (κ3) is 2.41. The molecular formula is C11H20N4O. The molecule has 1 aromatic rings. The summed E-state index contributed by atoms with van der Waals surface area (Å²) in [6.07, 6.45) is 4.10. The molecule has 1 aliphatic carbocycles. The maximum Gasteiger partial charge on any atom is 0.146 e. The molecule has 2 N–H and O–H groups in total. The summed E-state index contributed by atoms with van der Waals surface area (Å²) in [5, 5.41) is 21.3. The number of aliphatic hydroxyl groups is 1. The molecule has 2 unspecified atom stereocenters. The van der Waals surface area contributed by atoms with Crippen molar-refractivity contribution in [2.45, 2.75) is 51.3 Å². The lowest BCUT2D eigenvalue weighted by atomic mass is 9.93. The third-order valence-corrected chi connectivity index (χ3v) is 3.43. The lowest BCUT2D eigenvalue weighted by Crippen LogP contribution is -2.42. The van der Waals surface area contributed by atoms with E-state index in [1.165, 1.54) is 6.42 Å². The van der Waals surface area contributed by atoms with E-state index in [1.54, 1.807) is 0 Å². The summed E-state index contributed by atoms with van der Waals surface area (Å²) in [5.74, 6) is 1.84. The van der Waals surface area contributed by atoms with E-state index in [-0.39, 0.29) is 12.1 Å². The largest absolute Gasteiger partial charge is 0.392 e. The molecule has 0 aliphatic heterocycles. The highest BCUT2D eigenvalue weighted by molar-refractivity contribution is 4.93. The summed E-state index contributed by atoms with van der Waals surface area (Å²) in [4.78, 5) is 0. The minimum atomic E-state index is -0.205. The van der Waals surface area contributed by atoms with E-state index in [0.717, 1.165) is 30.9 Å². The Morgan fingerprint density at radius 3 is 2.75 bits per heavy atom. The first kappa shape index (κ1) is 11.5. The Hall–Kier alpha value is -0.940. The van der Waals surface area contributed by atoms with Gasteiger partial charge in [-0.15, -0.1) is 10.2 Å². The van der Waals surface area contributed by atoms with Crippen molar-refractivity contribution >= 4 is 0 Å². The van der Waals surface area contributed by atoms with E-state index < -0.39 is 0 Å². The summed E-state index contributed by atoms with van der Waals surface area (Å²) in [6, 6.07) is 0.214. The van der Waals surface area contributed by atoms with E-state index in [2.05, 4.69) is 15.5 Å². The monoisotopic (exact) mass is 224 g/mol. The highest BCUT2D eigenvalue weighted by Gasteiger charge is 2.22. The van der Waals surface area contributed by atoms with Crippen molar-refractivity contribution < 1.29 is 5.11 Å². The van der Waals surface area contributed by atoms with E-state index >= 15 is 0 Å². The van der Waals surface area contributed by atoms with Crippen LogP contribution in [0.25, 0.3) is 0 Å². The average molecular weight is 224 g/mol. The zero-order chi connectivity index (χ0) is 11.5. The van der Waals surface area contributed by atoms with Gasteiger partial charge in [-0.2, -0.15) is 0 Å². The Balaban J connectivity index is 1.89. The minimum Gasteiger partial charge on any atom is -0.392 e. The molecule has 1 aromatic heterocycles. The standard InChI is InChI=1S/C11H20N4O/c1-8-13-14-11(15(8)2)7-12-9-5-3-4-6-10(9)16/h9-10,12,16H,3-7H2,1-2H3. The molecule has 0 saturated heterocycles. The third-order valence-electron chi connectivity index (χ3n) is 3.43. The number of hydrogen-bond acceptors (Lipinski definition) is 4. The van der Waals surface area contributed by atoms with Crippen molar-refractivity contribution in [3.63, 3.8) is 0 Å². The van der Waals surface area contributed by atoms with E-state index in [1.807, 2.05) is 18.5 Å². The van der Waals surface area contributed by atoms with Gasteiger partial charge in [-0.1, -0.05) is 12.8 Å². The number of aliphatic hydroxyl groups excluding tert-OH is 1. The molecule has 1 aliphatic rings. The number of nitrogens with zero attached hydrogens (tertiary/aromatic N) is 3. The van der Waals surface area contributed by atoms with Gasteiger partial charge in [0.2, 0.25) is 0 Å². The van der Waals surface area contributed by atoms with E-state index in [0.29, 0.717) is 6.54 Å². The first-order valence-corrected chi connectivity index (χ1v) is 5.95. The fraction of sp³-hybridized carbons (Fsp3) is 0.818. The molecule has 1 fully saturated rings. The van der Waals surface area contributed by atoms with Crippen molar-refractivity contribution in [3.05, 3.63) is 11.6 Å². The molecule has 5 nitrogen and oxygen atoms in total. The normalized spacial score (nSPS) is 25.9. The van der Waals surface area contributed by atoms with Crippen molar-refractivity contribution in [2.75, 3.05) is 0 Å². The van der Waals surface area contributed by atoms with Crippen LogP contribution in [0, 0.1) is 6.92 Å². The summed E-state index contributed by atoms with van der Waals surface area (Å²) in [5.41, 5.74) is 0. The number of hydrogen-bond donors (Lipinski definition) is 2. The molecule has 1 saturated carbocycles. The topological polar surface area (TPSA) is 63.0 Å². The smallest absolute Gasteiger partial charge is 0.146 e. The van der Waals surface area contributed by atoms with Crippen LogP contribution in [0.2, 0.25) is 0 Å². The van der Waals surface area contributed by atoms with E-state index in [4.69, 9.17) is 0 Å².